The Morgan fingerprint density at radius 1 is 1.46 bits per heavy atom. The Kier molecular flexibility index (Phi) is 2.94. The standard InChI is InChI=1S/C8H11N3O2/c1-6(10-9)7-2-4-8(5-3-7)11(12)13/h2-6,10H,9H2,1H3. The quantitative estimate of drug-likeness (QED) is 0.416. The number of hydrogen-bond donors (Lipinski definition) is 2. The van der Waals surface area contributed by atoms with Crippen LogP contribution in [0.5, 0.6) is 0 Å². The summed E-state index contributed by atoms with van der Waals surface area (Å²) < 4.78 is 0. The van der Waals surface area contributed by atoms with Crippen LogP contribution >= 0.6 is 0 Å². The number of rotatable bonds is 3. The van der Waals surface area contributed by atoms with Crippen LogP contribution < -0.4 is 11.3 Å². The van der Waals surface area contributed by atoms with Gasteiger partial charge < -0.3 is 0 Å². The number of non-ortho nitro benzene ring substituents is 1. The van der Waals surface area contributed by atoms with Gasteiger partial charge in [-0.25, -0.2) is 0 Å². The Morgan fingerprint density at radius 2 is 2.00 bits per heavy atom. The van der Waals surface area contributed by atoms with Crippen molar-refractivity contribution in [2.24, 2.45) is 5.84 Å². The molecule has 13 heavy (non-hydrogen) atoms. The van der Waals surface area contributed by atoms with Crippen molar-refractivity contribution in [2.45, 2.75) is 13.0 Å². The smallest absolute Gasteiger partial charge is 0.269 e. The molecule has 1 rings (SSSR count). The predicted molar refractivity (Wildman–Crippen MR) is 48.8 cm³/mol. The third-order valence-corrected chi connectivity index (χ3v) is 1.85. The Labute approximate surface area is 75.7 Å². The zero-order valence-electron chi connectivity index (χ0n) is 7.23. The van der Waals surface area contributed by atoms with Crippen molar-refractivity contribution in [3.05, 3.63) is 39.9 Å². The van der Waals surface area contributed by atoms with Crippen molar-refractivity contribution >= 4 is 5.69 Å². The lowest BCUT2D eigenvalue weighted by Gasteiger charge is -2.08. The molecule has 0 saturated carbocycles. The molecule has 1 aromatic rings. The number of nitro benzene ring substituents is 1. The van der Waals surface area contributed by atoms with Gasteiger partial charge in [0.15, 0.2) is 0 Å². The van der Waals surface area contributed by atoms with Gasteiger partial charge in [-0.3, -0.25) is 21.4 Å². The first-order chi connectivity index (χ1) is 6.15. The summed E-state index contributed by atoms with van der Waals surface area (Å²) in [6, 6.07) is 6.29. The molecule has 0 aliphatic rings. The van der Waals surface area contributed by atoms with Gasteiger partial charge in [0.2, 0.25) is 0 Å². The van der Waals surface area contributed by atoms with E-state index in [-0.39, 0.29) is 11.7 Å². The zero-order chi connectivity index (χ0) is 9.84. The van der Waals surface area contributed by atoms with E-state index in [9.17, 15) is 10.1 Å². The van der Waals surface area contributed by atoms with Gasteiger partial charge in [0.05, 0.1) is 4.92 Å². The first-order valence-corrected chi connectivity index (χ1v) is 3.85. The molecule has 1 unspecified atom stereocenters. The molecule has 0 aromatic heterocycles. The highest BCUT2D eigenvalue weighted by atomic mass is 16.6. The topological polar surface area (TPSA) is 81.2 Å². The second-order valence-corrected chi connectivity index (χ2v) is 2.74. The summed E-state index contributed by atoms with van der Waals surface area (Å²) in [6.45, 7) is 1.88. The van der Waals surface area contributed by atoms with Crippen LogP contribution in [-0.4, -0.2) is 4.92 Å². The summed E-state index contributed by atoms with van der Waals surface area (Å²) in [7, 11) is 0. The fourth-order valence-electron chi connectivity index (χ4n) is 0.981. The summed E-state index contributed by atoms with van der Waals surface area (Å²) in [4.78, 5) is 9.89. The van der Waals surface area contributed by atoms with Crippen molar-refractivity contribution in [3.63, 3.8) is 0 Å². The lowest BCUT2D eigenvalue weighted by atomic mass is 10.1. The molecule has 0 fully saturated rings. The summed E-state index contributed by atoms with van der Waals surface area (Å²) in [5.41, 5.74) is 3.57. The van der Waals surface area contributed by atoms with E-state index in [1.165, 1.54) is 12.1 Å². The maximum atomic E-state index is 10.3. The second kappa shape index (κ2) is 3.97. The summed E-state index contributed by atoms with van der Waals surface area (Å²) in [5.74, 6) is 5.22. The van der Waals surface area contributed by atoms with Crippen molar-refractivity contribution < 1.29 is 4.92 Å². The molecule has 0 aliphatic heterocycles. The lowest BCUT2D eigenvalue weighted by Crippen LogP contribution is -2.25. The Balaban J connectivity index is 2.87. The highest BCUT2D eigenvalue weighted by Crippen LogP contribution is 2.16. The van der Waals surface area contributed by atoms with Crippen molar-refractivity contribution in [3.8, 4) is 0 Å². The van der Waals surface area contributed by atoms with E-state index in [1.54, 1.807) is 12.1 Å². The molecule has 70 valence electrons. The molecule has 5 heteroatoms. The fraction of sp³-hybridized carbons (Fsp3) is 0.250. The number of nitro groups is 1. The third kappa shape index (κ3) is 2.24. The van der Waals surface area contributed by atoms with E-state index in [1.807, 2.05) is 6.92 Å². The van der Waals surface area contributed by atoms with Crippen LogP contribution in [-0.2, 0) is 0 Å². The predicted octanol–water partition coefficient (Wildman–Crippen LogP) is 1.12. The number of nitrogens with two attached hydrogens (primary N) is 1. The molecule has 0 aliphatic carbocycles. The summed E-state index contributed by atoms with van der Waals surface area (Å²) in [6.07, 6.45) is 0. The minimum absolute atomic E-state index is 0.000745. The number of nitrogens with one attached hydrogen (secondary N) is 1. The third-order valence-electron chi connectivity index (χ3n) is 1.85. The van der Waals surface area contributed by atoms with Gasteiger partial charge in [-0.05, 0) is 12.5 Å². The maximum Gasteiger partial charge on any atom is 0.269 e. The van der Waals surface area contributed by atoms with Crippen molar-refractivity contribution in [2.75, 3.05) is 0 Å². The fourth-order valence-corrected chi connectivity index (χ4v) is 0.981. The van der Waals surface area contributed by atoms with Crippen LogP contribution in [0, 0.1) is 10.1 Å². The molecule has 1 aromatic carbocycles. The zero-order valence-corrected chi connectivity index (χ0v) is 7.23. The van der Waals surface area contributed by atoms with E-state index in [4.69, 9.17) is 5.84 Å². The van der Waals surface area contributed by atoms with E-state index in [0.29, 0.717) is 0 Å². The molecule has 1 atom stereocenters. The van der Waals surface area contributed by atoms with Gasteiger partial charge in [0, 0.05) is 18.2 Å². The largest absolute Gasteiger partial charge is 0.271 e. The average Bonchev–Trinajstić information content (AvgIpc) is 2.17. The Bertz CT molecular complexity index is 297. The van der Waals surface area contributed by atoms with Gasteiger partial charge >= 0.3 is 0 Å². The van der Waals surface area contributed by atoms with E-state index in [0.717, 1.165) is 5.56 Å². The van der Waals surface area contributed by atoms with Crippen LogP contribution in [0.1, 0.15) is 18.5 Å². The number of nitrogens with zero attached hydrogens (tertiary/aromatic N) is 1. The summed E-state index contributed by atoms with van der Waals surface area (Å²) >= 11 is 0. The molecular formula is C8H11N3O2. The molecule has 0 heterocycles. The van der Waals surface area contributed by atoms with Gasteiger partial charge in [-0.2, -0.15) is 0 Å². The second-order valence-electron chi connectivity index (χ2n) is 2.74. The Morgan fingerprint density at radius 3 is 2.38 bits per heavy atom. The molecular weight excluding hydrogens is 170 g/mol. The van der Waals surface area contributed by atoms with Gasteiger partial charge in [-0.15, -0.1) is 0 Å². The van der Waals surface area contributed by atoms with Crippen LogP contribution in [0.4, 0.5) is 5.69 Å². The number of benzene rings is 1. The lowest BCUT2D eigenvalue weighted by molar-refractivity contribution is -0.384. The summed E-state index contributed by atoms with van der Waals surface area (Å²) in [5, 5.41) is 10.3. The molecule has 0 radical (unpaired) electrons. The molecule has 0 amide bonds. The van der Waals surface area contributed by atoms with Crippen LogP contribution in [0.15, 0.2) is 24.3 Å². The average molecular weight is 181 g/mol. The minimum Gasteiger partial charge on any atom is -0.271 e. The molecule has 5 nitrogen and oxygen atoms in total. The normalized spacial score (nSPS) is 12.5. The number of hydrazine groups is 1. The highest BCUT2D eigenvalue weighted by Gasteiger charge is 2.06. The highest BCUT2D eigenvalue weighted by molar-refractivity contribution is 5.33. The minimum atomic E-state index is -0.426. The Hall–Kier alpha value is -1.46. The van der Waals surface area contributed by atoms with Gasteiger partial charge in [0.1, 0.15) is 0 Å². The molecule has 3 N–H and O–H groups in total. The molecule has 0 saturated heterocycles. The van der Waals surface area contributed by atoms with Crippen LogP contribution in [0.25, 0.3) is 0 Å². The number of hydrogen-bond acceptors (Lipinski definition) is 4. The van der Waals surface area contributed by atoms with Crippen molar-refractivity contribution in [1.82, 2.24) is 5.43 Å². The molecule has 0 bridgehead atoms. The van der Waals surface area contributed by atoms with Gasteiger partial charge in [0.25, 0.3) is 5.69 Å². The van der Waals surface area contributed by atoms with E-state index >= 15 is 0 Å². The maximum absolute atomic E-state index is 10.3. The molecule has 0 spiro atoms. The van der Waals surface area contributed by atoms with Crippen molar-refractivity contribution in [1.29, 1.82) is 0 Å². The SMILES string of the molecule is CC(NN)c1ccc([N+](=O)[O-])cc1. The van der Waals surface area contributed by atoms with Gasteiger partial charge in [-0.1, -0.05) is 12.1 Å². The monoisotopic (exact) mass is 181 g/mol. The van der Waals surface area contributed by atoms with E-state index in [2.05, 4.69) is 5.43 Å². The van der Waals surface area contributed by atoms with Crippen LogP contribution in [0.2, 0.25) is 0 Å². The first kappa shape index (κ1) is 9.63. The van der Waals surface area contributed by atoms with Crippen LogP contribution in [0.3, 0.4) is 0 Å². The first-order valence-electron chi connectivity index (χ1n) is 3.85. The van der Waals surface area contributed by atoms with E-state index < -0.39 is 4.92 Å².